The zero-order chi connectivity index (χ0) is 13.6. The summed E-state index contributed by atoms with van der Waals surface area (Å²) in [6.07, 6.45) is 1.99. The van der Waals surface area contributed by atoms with E-state index in [1.54, 1.807) is 0 Å². The lowest BCUT2D eigenvalue weighted by Gasteiger charge is -2.51. The zero-order valence-electron chi connectivity index (χ0n) is 12.2. The van der Waals surface area contributed by atoms with Gasteiger partial charge in [0.15, 0.2) is 0 Å². The van der Waals surface area contributed by atoms with Crippen molar-refractivity contribution in [1.82, 2.24) is 4.98 Å². The second-order valence-corrected chi connectivity index (χ2v) is 6.90. The highest BCUT2D eigenvalue weighted by Crippen LogP contribution is 2.30. The number of hydrogen-bond acceptors (Lipinski definition) is 3. The summed E-state index contributed by atoms with van der Waals surface area (Å²) in [6.45, 7) is 12.8. The van der Waals surface area contributed by atoms with Crippen molar-refractivity contribution in [1.29, 1.82) is 0 Å². The van der Waals surface area contributed by atoms with Crippen LogP contribution in [0, 0.1) is 5.92 Å². The molecule has 100 valence electrons. The third kappa shape index (κ3) is 2.37. The molecule has 0 aromatic carbocycles. The van der Waals surface area contributed by atoms with E-state index in [1.807, 2.05) is 6.20 Å². The van der Waals surface area contributed by atoms with Gasteiger partial charge in [0, 0.05) is 19.3 Å². The first-order chi connectivity index (χ1) is 8.22. The van der Waals surface area contributed by atoms with E-state index in [-0.39, 0.29) is 11.0 Å². The minimum atomic E-state index is -0.0373. The quantitative estimate of drug-likeness (QED) is 0.873. The molecule has 0 unspecified atom stereocenters. The van der Waals surface area contributed by atoms with Gasteiger partial charge >= 0.3 is 0 Å². The fourth-order valence-electron chi connectivity index (χ4n) is 2.21. The second kappa shape index (κ2) is 4.23. The molecule has 0 aliphatic carbocycles. The lowest BCUT2D eigenvalue weighted by Crippen LogP contribution is -2.70. The van der Waals surface area contributed by atoms with Crippen LogP contribution >= 0.6 is 0 Å². The van der Waals surface area contributed by atoms with Crippen molar-refractivity contribution in [2.45, 2.75) is 45.6 Å². The molecule has 1 fully saturated rings. The summed E-state index contributed by atoms with van der Waals surface area (Å²) in [7, 11) is 0. The zero-order valence-corrected chi connectivity index (χ0v) is 12.2. The molecule has 0 atom stereocenters. The highest BCUT2D eigenvalue weighted by atomic mass is 15.3. The number of hydrogen-bond donors (Lipinski definition) is 1. The second-order valence-electron chi connectivity index (χ2n) is 6.90. The van der Waals surface area contributed by atoms with Crippen LogP contribution in [-0.4, -0.2) is 23.6 Å². The molecule has 3 heteroatoms. The first-order valence-corrected chi connectivity index (χ1v) is 6.73. The van der Waals surface area contributed by atoms with E-state index >= 15 is 0 Å². The predicted octanol–water partition coefficient (Wildman–Crippen LogP) is 2.55. The molecule has 0 radical (unpaired) electrons. The molecule has 0 spiro atoms. The van der Waals surface area contributed by atoms with Gasteiger partial charge in [0.1, 0.15) is 5.82 Å². The Labute approximate surface area is 110 Å². The molecule has 1 aromatic rings. The first-order valence-electron chi connectivity index (χ1n) is 6.73. The maximum Gasteiger partial charge on any atom is 0.128 e. The summed E-state index contributed by atoms with van der Waals surface area (Å²) >= 11 is 0. The van der Waals surface area contributed by atoms with Crippen LogP contribution in [0.3, 0.4) is 0 Å². The molecule has 1 saturated heterocycles. The number of rotatable bonds is 2. The molecule has 3 nitrogen and oxygen atoms in total. The SMILES string of the molecule is CC(C)C1(N)CN(c2ccc(C(C)(C)C)cn2)C1. The van der Waals surface area contributed by atoms with Crippen LogP contribution < -0.4 is 10.6 Å². The van der Waals surface area contributed by atoms with Crippen molar-refractivity contribution in [2.24, 2.45) is 11.7 Å². The van der Waals surface area contributed by atoms with Crippen molar-refractivity contribution in [3.8, 4) is 0 Å². The van der Waals surface area contributed by atoms with Gasteiger partial charge in [-0.3, -0.25) is 0 Å². The maximum absolute atomic E-state index is 6.30. The van der Waals surface area contributed by atoms with E-state index < -0.39 is 0 Å². The van der Waals surface area contributed by atoms with E-state index in [1.165, 1.54) is 5.56 Å². The molecule has 0 saturated carbocycles. The fraction of sp³-hybridized carbons (Fsp3) is 0.667. The molecule has 1 aliphatic rings. The Kier molecular flexibility index (Phi) is 3.14. The monoisotopic (exact) mass is 247 g/mol. The Balaban J connectivity index is 2.05. The summed E-state index contributed by atoms with van der Waals surface area (Å²) < 4.78 is 0. The molecule has 0 amide bonds. The smallest absolute Gasteiger partial charge is 0.128 e. The Morgan fingerprint density at radius 1 is 1.28 bits per heavy atom. The number of pyridine rings is 1. The van der Waals surface area contributed by atoms with Gasteiger partial charge in [0.05, 0.1) is 5.54 Å². The average Bonchev–Trinajstić information content (AvgIpc) is 2.23. The molecular weight excluding hydrogens is 222 g/mol. The van der Waals surface area contributed by atoms with Crippen LogP contribution in [0.2, 0.25) is 0 Å². The average molecular weight is 247 g/mol. The fourth-order valence-corrected chi connectivity index (χ4v) is 2.21. The lowest BCUT2D eigenvalue weighted by atomic mass is 9.80. The summed E-state index contributed by atoms with van der Waals surface area (Å²) in [4.78, 5) is 6.82. The molecule has 18 heavy (non-hydrogen) atoms. The number of aromatic nitrogens is 1. The van der Waals surface area contributed by atoms with E-state index in [4.69, 9.17) is 5.73 Å². The summed E-state index contributed by atoms with van der Waals surface area (Å²) in [5.41, 5.74) is 7.70. The molecule has 2 N–H and O–H groups in total. The Morgan fingerprint density at radius 3 is 2.28 bits per heavy atom. The van der Waals surface area contributed by atoms with Crippen LogP contribution in [0.15, 0.2) is 18.3 Å². The normalized spacial score (nSPS) is 18.9. The molecule has 2 rings (SSSR count). The van der Waals surface area contributed by atoms with Crippen LogP contribution in [0.25, 0.3) is 0 Å². The van der Waals surface area contributed by atoms with Crippen molar-refractivity contribution in [3.05, 3.63) is 23.9 Å². The van der Waals surface area contributed by atoms with Crippen molar-refractivity contribution >= 4 is 5.82 Å². The third-order valence-corrected chi connectivity index (χ3v) is 4.06. The predicted molar refractivity (Wildman–Crippen MR) is 76.9 cm³/mol. The number of nitrogens with two attached hydrogens (primary N) is 1. The van der Waals surface area contributed by atoms with E-state index in [0.29, 0.717) is 5.92 Å². The van der Waals surface area contributed by atoms with Crippen LogP contribution in [0.5, 0.6) is 0 Å². The van der Waals surface area contributed by atoms with Gasteiger partial charge in [-0.2, -0.15) is 0 Å². The molecule has 0 bridgehead atoms. The number of nitrogens with zero attached hydrogens (tertiary/aromatic N) is 2. The maximum atomic E-state index is 6.30. The highest BCUT2D eigenvalue weighted by Gasteiger charge is 2.42. The molecule has 2 heterocycles. The van der Waals surface area contributed by atoms with Crippen LogP contribution in [0.4, 0.5) is 5.82 Å². The van der Waals surface area contributed by atoms with Crippen LogP contribution in [0.1, 0.15) is 40.2 Å². The van der Waals surface area contributed by atoms with E-state index in [2.05, 4.69) is 56.6 Å². The summed E-state index contributed by atoms with van der Waals surface area (Å²) in [5, 5.41) is 0. The molecule has 1 aliphatic heterocycles. The highest BCUT2D eigenvalue weighted by molar-refractivity contribution is 5.45. The Morgan fingerprint density at radius 2 is 1.89 bits per heavy atom. The van der Waals surface area contributed by atoms with Crippen molar-refractivity contribution in [3.63, 3.8) is 0 Å². The lowest BCUT2D eigenvalue weighted by molar-refractivity contribution is 0.243. The third-order valence-electron chi connectivity index (χ3n) is 4.06. The Hall–Kier alpha value is -1.09. The van der Waals surface area contributed by atoms with Gasteiger partial charge in [-0.1, -0.05) is 40.7 Å². The largest absolute Gasteiger partial charge is 0.353 e. The van der Waals surface area contributed by atoms with Gasteiger partial charge in [-0.05, 0) is 23.0 Å². The van der Waals surface area contributed by atoms with Gasteiger partial charge in [0.25, 0.3) is 0 Å². The van der Waals surface area contributed by atoms with Gasteiger partial charge in [-0.25, -0.2) is 4.98 Å². The number of anilines is 1. The topological polar surface area (TPSA) is 42.1 Å². The van der Waals surface area contributed by atoms with Crippen LogP contribution in [-0.2, 0) is 5.41 Å². The van der Waals surface area contributed by atoms with Gasteiger partial charge in [0.2, 0.25) is 0 Å². The molecular formula is C15H25N3. The standard InChI is InChI=1S/C15H25N3/c1-11(2)15(16)9-18(10-15)13-7-6-12(8-17-13)14(3,4)5/h6-8,11H,9-10,16H2,1-5H3. The van der Waals surface area contributed by atoms with Gasteiger partial charge < -0.3 is 10.6 Å². The van der Waals surface area contributed by atoms with Gasteiger partial charge in [-0.15, -0.1) is 0 Å². The van der Waals surface area contributed by atoms with E-state index in [0.717, 1.165) is 18.9 Å². The summed E-state index contributed by atoms with van der Waals surface area (Å²) in [6, 6.07) is 4.29. The van der Waals surface area contributed by atoms with Crippen molar-refractivity contribution < 1.29 is 0 Å². The molecule has 1 aromatic heterocycles. The Bertz CT molecular complexity index is 408. The van der Waals surface area contributed by atoms with E-state index in [9.17, 15) is 0 Å². The first kappa shape index (κ1) is 13.3. The minimum absolute atomic E-state index is 0.0373. The summed E-state index contributed by atoms with van der Waals surface area (Å²) in [5.74, 6) is 1.56. The van der Waals surface area contributed by atoms with Crippen molar-refractivity contribution in [2.75, 3.05) is 18.0 Å². The minimum Gasteiger partial charge on any atom is -0.353 e.